The molecule has 3 heteroatoms. The Morgan fingerprint density at radius 3 is 2.61 bits per heavy atom. The summed E-state index contributed by atoms with van der Waals surface area (Å²) in [6.45, 7) is 4.93. The van der Waals surface area contributed by atoms with Crippen LogP contribution in [0.3, 0.4) is 0 Å². The van der Waals surface area contributed by atoms with Gasteiger partial charge >= 0.3 is 0 Å². The van der Waals surface area contributed by atoms with E-state index in [9.17, 15) is 4.79 Å². The molecule has 1 aromatic carbocycles. The van der Waals surface area contributed by atoms with Gasteiger partial charge in [-0.05, 0) is 42.4 Å². The highest BCUT2D eigenvalue weighted by molar-refractivity contribution is 7.96. The smallest absolute Gasteiger partial charge is 0.276 e. The van der Waals surface area contributed by atoms with Gasteiger partial charge in [0.2, 0.25) is 0 Å². The van der Waals surface area contributed by atoms with Crippen LogP contribution in [0.4, 0.5) is 4.79 Å². The van der Waals surface area contributed by atoms with Crippen molar-refractivity contribution in [3.63, 3.8) is 0 Å². The molecule has 18 heavy (non-hydrogen) atoms. The molecule has 1 N–H and O–H groups in total. The van der Waals surface area contributed by atoms with Crippen molar-refractivity contribution < 1.29 is 4.79 Å². The van der Waals surface area contributed by atoms with E-state index in [0.29, 0.717) is 6.54 Å². The van der Waals surface area contributed by atoms with Gasteiger partial charge in [0.15, 0.2) is 0 Å². The Hall–Kier alpha value is -0.960. The van der Waals surface area contributed by atoms with E-state index in [1.54, 1.807) is 0 Å². The summed E-state index contributed by atoms with van der Waals surface area (Å²) in [6, 6.07) is 6.78. The molecule has 0 heterocycles. The number of rotatable bonds is 3. The van der Waals surface area contributed by atoms with Crippen molar-refractivity contribution in [2.45, 2.75) is 44.9 Å². The molecule has 1 aromatic rings. The summed E-state index contributed by atoms with van der Waals surface area (Å²) >= 11 is 3.75. The number of aryl methyl sites for hydroxylation is 2. The Bertz CT molecular complexity index is 454. The Labute approximate surface area is 115 Å². The van der Waals surface area contributed by atoms with Gasteiger partial charge in [0, 0.05) is 12.0 Å². The third kappa shape index (κ3) is 3.08. The molecule has 1 aliphatic carbocycles. The number of thiol groups is 1. The van der Waals surface area contributed by atoms with E-state index >= 15 is 0 Å². The second-order valence-corrected chi connectivity index (χ2v) is 6.14. The van der Waals surface area contributed by atoms with E-state index in [1.165, 1.54) is 42.4 Å². The van der Waals surface area contributed by atoms with E-state index in [2.05, 4.69) is 50.0 Å². The highest BCUT2D eigenvalue weighted by atomic mass is 32.1. The molecule has 98 valence electrons. The monoisotopic (exact) mass is 263 g/mol. The topological polar surface area (TPSA) is 29.1 Å². The molecule has 0 radical (unpaired) electrons. The molecule has 1 amide bonds. The highest BCUT2D eigenvalue weighted by Crippen LogP contribution is 2.28. The molecule has 2 rings (SSSR count). The van der Waals surface area contributed by atoms with Crippen molar-refractivity contribution in [1.82, 2.24) is 5.32 Å². The molecule has 0 unspecified atom stereocenters. The average molecular weight is 263 g/mol. The van der Waals surface area contributed by atoms with Gasteiger partial charge in [-0.25, -0.2) is 0 Å². The number of fused-ring (bicyclic) bond motifs is 1. The Morgan fingerprint density at radius 2 is 1.94 bits per heavy atom. The summed E-state index contributed by atoms with van der Waals surface area (Å²) in [5.74, 6) is 0. The van der Waals surface area contributed by atoms with Gasteiger partial charge in [-0.3, -0.25) is 4.79 Å². The largest absolute Gasteiger partial charge is 0.346 e. The predicted octanol–water partition coefficient (Wildman–Crippen LogP) is 3.48. The van der Waals surface area contributed by atoms with Crippen LogP contribution in [0.15, 0.2) is 18.2 Å². The van der Waals surface area contributed by atoms with Crippen molar-refractivity contribution >= 4 is 17.9 Å². The van der Waals surface area contributed by atoms with Crippen LogP contribution in [0.25, 0.3) is 0 Å². The summed E-state index contributed by atoms with van der Waals surface area (Å²) in [5.41, 5.74) is 4.23. The van der Waals surface area contributed by atoms with Crippen LogP contribution in [0.1, 0.15) is 43.4 Å². The van der Waals surface area contributed by atoms with Crippen molar-refractivity contribution in [3.8, 4) is 0 Å². The lowest BCUT2D eigenvalue weighted by molar-refractivity contribution is 0.259. The van der Waals surface area contributed by atoms with Gasteiger partial charge in [-0.15, -0.1) is 0 Å². The van der Waals surface area contributed by atoms with Crippen LogP contribution < -0.4 is 5.32 Å². The lowest BCUT2D eigenvalue weighted by Gasteiger charge is -2.27. The van der Waals surface area contributed by atoms with E-state index in [0.717, 1.165) is 0 Å². The Morgan fingerprint density at radius 1 is 1.28 bits per heavy atom. The minimum Gasteiger partial charge on any atom is -0.346 e. The second kappa shape index (κ2) is 5.35. The van der Waals surface area contributed by atoms with Crippen LogP contribution in [0, 0.1) is 0 Å². The maximum Gasteiger partial charge on any atom is 0.276 e. The van der Waals surface area contributed by atoms with E-state index in [1.807, 2.05) is 0 Å². The quantitative estimate of drug-likeness (QED) is 0.803. The highest BCUT2D eigenvalue weighted by Gasteiger charge is 2.22. The normalized spacial score (nSPS) is 15.1. The van der Waals surface area contributed by atoms with Crippen molar-refractivity contribution in [2.24, 2.45) is 0 Å². The maximum absolute atomic E-state index is 10.9. The third-order valence-electron chi connectivity index (χ3n) is 3.81. The Balaban J connectivity index is 2.19. The zero-order valence-electron chi connectivity index (χ0n) is 11.1. The molecule has 0 saturated heterocycles. The van der Waals surface area contributed by atoms with E-state index < -0.39 is 0 Å². The predicted molar refractivity (Wildman–Crippen MR) is 78.5 cm³/mol. The number of hydrogen-bond donors (Lipinski definition) is 2. The average Bonchev–Trinajstić information content (AvgIpc) is 2.36. The van der Waals surface area contributed by atoms with Crippen molar-refractivity contribution in [1.29, 1.82) is 0 Å². The first-order valence-corrected chi connectivity index (χ1v) is 7.03. The molecule has 0 aromatic heterocycles. The number of hydrogen-bond acceptors (Lipinski definition) is 1. The van der Waals surface area contributed by atoms with Crippen LogP contribution >= 0.6 is 12.6 Å². The molecule has 0 aliphatic heterocycles. The van der Waals surface area contributed by atoms with Gasteiger partial charge in [-0.1, -0.05) is 44.7 Å². The molecule has 2 nitrogen and oxygen atoms in total. The second-order valence-electron chi connectivity index (χ2n) is 5.73. The third-order valence-corrected chi connectivity index (χ3v) is 3.97. The van der Waals surface area contributed by atoms with E-state index in [-0.39, 0.29) is 10.7 Å². The van der Waals surface area contributed by atoms with Crippen LogP contribution in [0.5, 0.6) is 0 Å². The Kier molecular flexibility index (Phi) is 4.00. The van der Waals surface area contributed by atoms with Gasteiger partial charge in [0.25, 0.3) is 5.24 Å². The first kappa shape index (κ1) is 13.5. The fourth-order valence-corrected chi connectivity index (χ4v) is 2.63. The first-order valence-electron chi connectivity index (χ1n) is 6.58. The molecular formula is C15H21NOS. The summed E-state index contributed by atoms with van der Waals surface area (Å²) in [5, 5.41) is 2.53. The zero-order chi connectivity index (χ0) is 13.2. The van der Waals surface area contributed by atoms with Crippen LogP contribution in [0.2, 0.25) is 0 Å². The van der Waals surface area contributed by atoms with Crippen molar-refractivity contribution in [3.05, 3.63) is 34.9 Å². The van der Waals surface area contributed by atoms with E-state index in [4.69, 9.17) is 0 Å². The molecule has 0 saturated carbocycles. The standard InChI is InChI=1S/C15H21NOS/c1-15(2,10-16-14(17)18)13-8-7-11-5-3-4-6-12(11)9-13/h7-9H,3-6,10H2,1-2H3,(H2,16,17,18). The zero-order valence-corrected chi connectivity index (χ0v) is 12.0. The number of amides is 1. The van der Waals surface area contributed by atoms with Gasteiger partial charge in [0.05, 0.1) is 0 Å². The maximum atomic E-state index is 10.9. The lowest BCUT2D eigenvalue weighted by Crippen LogP contribution is -2.34. The minimum atomic E-state index is -0.263. The first-order chi connectivity index (χ1) is 8.49. The summed E-state index contributed by atoms with van der Waals surface area (Å²) in [6.07, 6.45) is 5.01. The molecule has 0 fully saturated rings. The number of carbonyl (C=O) groups excluding carboxylic acids is 1. The van der Waals surface area contributed by atoms with Crippen LogP contribution in [-0.2, 0) is 18.3 Å². The summed E-state index contributed by atoms with van der Waals surface area (Å²) in [7, 11) is 0. The lowest BCUT2D eigenvalue weighted by atomic mass is 9.81. The fourth-order valence-electron chi connectivity index (χ4n) is 2.55. The van der Waals surface area contributed by atoms with Crippen LogP contribution in [-0.4, -0.2) is 11.8 Å². The molecule has 0 atom stereocenters. The number of benzene rings is 1. The van der Waals surface area contributed by atoms with Gasteiger partial charge in [0.1, 0.15) is 0 Å². The number of carbonyl (C=O) groups is 1. The minimum absolute atomic E-state index is 0.0507. The summed E-state index contributed by atoms with van der Waals surface area (Å²) in [4.78, 5) is 10.9. The molecule has 0 spiro atoms. The number of nitrogens with one attached hydrogen (secondary N) is 1. The van der Waals surface area contributed by atoms with Gasteiger partial charge in [-0.2, -0.15) is 0 Å². The molecule has 1 aliphatic rings. The fraction of sp³-hybridized carbons (Fsp3) is 0.533. The summed E-state index contributed by atoms with van der Waals surface area (Å²) < 4.78 is 0. The van der Waals surface area contributed by atoms with Gasteiger partial charge < -0.3 is 5.32 Å². The SMILES string of the molecule is CC(C)(CNC(=O)S)c1ccc2c(c1)CCCC2. The molecular weight excluding hydrogens is 242 g/mol. The van der Waals surface area contributed by atoms with Crippen molar-refractivity contribution in [2.75, 3.05) is 6.54 Å². The molecule has 0 bridgehead atoms.